The molecule has 2 aliphatic rings. The second-order valence-corrected chi connectivity index (χ2v) is 6.24. The highest BCUT2D eigenvalue weighted by atomic mass is 16.5. The summed E-state index contributed by atoms with van der Waals surface area (Å²) in [6.45, 7) is 4.13. The SMILES string of the molecule is COCC1CCCN(CC2(C=O)CCCCC2)C1. The van der Waals surface area contributed by atoms with Gasteiger partial charge in [-0.15, -0.1) is 0 Å². The van der Waals surface area contributed by atoms with Gasteiger partial charge < -0.3 is 14.4 Å². The van der Waals surface area contributed by atoms with Crippen LogP contribution in [0.3, 0.4) is 0 Å². The van der Waals surface area contributed by atoms with Crippen LogP contribution in [0.15, 0.2) is 0 Å². The number of carbonyl (C=O) groups excluding carboxylic acids is 1. The molecule has 1 saturated carbocycles. The third-order valence-corrected chi connectivity index (χ3v) is 4.64. The summed E-state index contributed by atoms with van der Waals surface area (Å²) in [5.74, 6) is 0.663. The minimum absolute atomic E-state index is 0.0345. The normalized spacial score (nSPS) is 29.1. The van der Waals surface area contributed by atoms with Gasteiger partial charge in [-0.1, -0.05) is 19.3 Å². The zero-order valence-corrected chi connectivity index (χ0v) is 11.7. The number of nitrogens with zero attached hydrogens (tertiary/aromatic N) is 1. The first-order chi connectivity index (χ1) is 8.78. The smallest absolute Gasteiger partial charge is 0.127 e. The van der Waals surface area contributed by atoms with E-state index >= 15 is 0 Å². The molecule has 1 aliphatic carbocycles. The Hall–Kier alpha value is -0.410. The molecule has 0 amide bonds. The standard InChI is InChI=1S/C15H27NO2/c1-18-11-14-6-5-9-16(10-14)12-15(13-17)7-3-2-4-8-15/h13-14H,2-12H2,1H3. The topological polar surface area (TPSA) is 29.5 Å². The number of hydrogen-bond acceptors (Lipinski definition) is 3. The van der Waals surface area contributed by atoms with Gasteiger partial charge in [0.25, 0.3) is 0 Å². The molecule has 0 bridgehead atoms. The monoisotopic (exact) mass is 253 g/mol. The van der Waals surface area contributed by atoms with Crippen molar-refractivity contribution in [2.75, 3.05) is 33.4 Å². The van der Waals surface area contributed by atoms with Crippen LogP contribution in [0.2, 0.25) is 0 Å². The van der Waals surface area contributed by atoms with E-state index in [0.717, 1.165) is 39.1 Å². The highest BCUT2D eigenvalue weighted by Crippen LogP contribution is 2.36. The van der Waals surface area contributed by atoms with Crippen LogP contribution in [-0.2, 0) is 9.53 Å². The summed E-state index contributed by atoms with van der Waals surface area (Å²) in [4.78, 5) is 14.0. The maximum absolute atomic E-state index is 11.5. The molecule has 3 nitrogen and oxygen atoms in total. The van der Waals surface area contributed by atoms with E-state index in [-0.39, 0.29) is 5.41 Å². The molecule has 104 valence electrons. The summed E-state index contributed by atoms with van der Waals surface area (Å²) < 4.78 is 5.27. The Morgan fingerprint density at radius 3 is 2.72 bits per heavy atom. The summed E-state index contributed by atoms with van der Waals surface area (Å²) in [6.07, 6.45) is 9.75. The summed E-state index contributed by atoms with van der Waals surface area (Å²) in [5, 5.41) is 0. The van der Waals surface area contributed by atoms with E-state index in [9.17, 15) is 4.79 Å². The largest absolute Gasteiger partial charge is 0.384 e. The molecule has 1 atom stereocenters. The zero-order valence-electron chi connectivity index (χ0n) is 11.7. The van der Waals surface area contributed by atoms with Crippen molar-refractivity contribution < 1.29 is 9.53 Å². The van der Waals surface area contributed by atoms with Crippen LogP contribution in [0.25, 0.3) is 0 Å². The predicted octanol–water partition coefficient (Wildman–Crippen LogP) is 2.49. The van der Waals surface area contributed by atoms with Crippen LogP contribution in [0.5, 0.6) is 0 Å². The van der Waals surface area contributed by atoms with Crippen molar-refractivity contribution in [3.05, 3.63) is 0 Å². The average molecular weight is 253 g/mol. The third kappa shape index (κ3) is 3.55. The highest BCUT2D eigenvalue weighted by molar-refractivity contribution is 5.60. The van der Waals surface area contributed by atoms with Crippen molar-refractivity contribution in [1.82, 2.24) is 4.90 Å². The zero-order chi connectivity index (χ0) is 12.8. The van der Waals surface area contributed by atoms with Gasteiger partial charge in [0.15, 0.2) is 0 Å². The first kappa shape index (κ1) is 14.0. The Morgan fingerprint density at radius 1 is 1.28 bits per heavy atom. The minimum Gasteiger partial charge on any atom is -0.384 e. The molecule has 1 unspecified atom stereocenters. The van der Waals surface area contributed by atoms with Crippen molar-refractivity contribution >= 4 is 6.29 Å². The molecule has 1 aliphatic heterocycles. The summed E-state index contributed by atoms with van der Waals surface area (Å²) >= 11 is 0. The van der Waals surface area contributed by atoms with Gasteiger partial charge in [0.05, 0.1) is 6.61 Å². The first-order valence-corrected chi connectivity index (χ1v) is 7.46. The first-order valence-electron chi connectivity index (χ1n) is 7.46. The van der Waals surface area contributed by atoms with Gasteiger partial charge in [0.1, 0.15) is 6.29 Å². The number of methoxy groups -OCH3 is 1. The lowest BCUT2D eigenvalue weighted by molar-refractivity contribution is -0.119. The molecule has 0 aromatic heterocycles. The number of aldehydes is 1. The van der Waals surface area contributed by atoms with Crippen molar-refractivity contribution in [2.24, 2.45) is 11.3 Å². The van der Waals surface area contributed by atoms with E-state index in [1.807, 2.05) is 0 Å². The number of hydrogen-bond donors (Lipinski definition) is 0. The van der Waals surface area contributed by atoms with Crippen LogP contribution in [0, 0.1) is 11.3 Å². The average Bonchev–Trinajstić information content (AvgIpc) is 2.41. The Labute approximate surface area is 111 Å². The molecular formula is C15H27NO2. The molecule has 2 fully saturated rings. The molecule has 0 aromatic carbocycles. The van der Waals surface area contributed by atoms with Gasteiger partial charge in [0, 0.05) is 25.6 Å². The lowest BCUT2D eigenvalue weighted by Crippen LogP contribution is -2.45. The van der Waals surface area contributed by atoms with Gasteiger partial charge in [-0.3, -0.25) is 0 Å². The van der Waals surface area contributed by atoms with Gasteiger partial charge in [0.2, 0.25) is 0 Å². The molecule has 1 heterocycles. The molecule has 0 N–H and O–H groups in total. The van der Waals surface area contributed by atoms with E-state index in [2.05, 4.69) is 4.90 Å². The van der Waals surface area contributed by atoms with Gasteiger partial charge >= 0.3 is 0 Å². The molecule has 2 rings (SSSR count). The Balaban J connectivity index is 1.88. The maximum atomic E-state index is 11.5. The maximum Gasteiger partial charge on any atom is 0.127 e. The predicted molar refractivity (Wildman–Crippen MR) is 72.6 cm³/mol. The van der Waals surface area contributed by atoms with Gasteiger partial charge in [-0.25, -0.2) is 0 Å². The molecule has 3 heteroatoms. The van der Waals surface area contributed by atoms with E-state index in [1.165, 1.54) is 38.4 Å². The number of ether oxygens (including phenoxy) is 1. The summed E-state index contributed by atoms with van der Waals surface area (Å²) in [5.41, 5.74) is -0.0345. The number of carbonyl (C=O) groups is 1. The van der Waals surface area contributed by atoms with Gasteiger partial charge in [-0.2, -0.15) is 0 Å². The van der Waals surface area contributed by atoms with Crippen LogP contribution in [-0.4, -0.2) is 44.5 Å². The van der Waals surface area contributed by atoms with Crippen LogP contribution >= 0.6 is 0 Å². The Kier molecular flexibility index (Phi) is 5.19. The van der Waals surface area contributed by atoms with Crippen molar-refractivity contribution in [2.45, 2.75) is 44.9 Å². The van der Waals surface area contributed by atoms with E-state index in [1.54, 1.807) is 7.11 Å². The number of likely N-dealkylation sites (tertiary alicyclic amines) is 1. The van der Waals surface area contributed by atoms with Crippen LogP contribution in [0.1, 0.15) is 44.9 Å². The van der Waals surface area contributed by atoms with Crippen molar-refractivity contribution in [3.63, 3.8) is 0 Å². The highest BCUT2D eigenvalue weighted by Gasteiger charge is 2.34. The summed E-state index contributed by atoms with van der Waals surface area (Å²) in [6, 6.07) is 0. The van der Waals surface area contributed by atoms with Crippen LogP contribution < -0.4 is 0 Å². The molecule has 1 saturated heterocycles. The van der Waals surface area contributed by atoms with Crippen molar-refractivity contribution in [3.8, 4) is 0 Å². The lowest BCUT2D eigenvalue weighted by atomic mass is 9.74. The Bertz CT molecular complexity index is 259. The lowest BCUT2D eigenvalue weighted by Gasteiger charge is -2.40. The van der Waals surface area contributed by atoms with Crippen molar-refractivity contribution in [1.29, 1.82) is 0 Å². The second-order valence-electron chi connectivity index (χ2n) is 6.24. The van der Waals surface area contributed by atoms with Gasteiger partial charge in [-0.05, 0) is 38.1 Å². The van der Waals surface area contributed by atoms with Crippen LogP contribution in [0.4, 0.5) is 0 Å². The fourth-order valence-corrected chi connectivity index (χ4v) is 3.68. The van der Waals surface area contributed by atoms with E-state index in [0.29, 0.717) is 5.92 Å². The molecule has 0 spiro atoms. The number of piperidine rings is 1. The van der Waals surface area contributed by atoms with E-state index < -0.39 is 0 Å². The fourth-order valence-electron chi connectivity index (χ4n) is 3.68. The minimum atomic E-state index is -0.0345. The van der Waals surface area contributed by atoms with E-state index in [4.69, 9.17) is 4.74 Å². The molecular weight excluding hydrogens is 226 g/mol. The summed E-state index contributed by atoms with van der Waals surface area (Å²) in [7, 11) is 1.78. The molecule has 0 aromatic rings. The Morgan fingerprint density at radius 2 is 2.06 bits per heavy atom. The molecule has 18 heavy (non-hydrogen) atoms. The third-order valence-electron chi connectivity index (χ3n) is 4.64. The fraction of sp³-hybridized carbons (Fsp3) is 0.933. The molecule has 0 radical (unpaired) electrons. The second kappa shape index (κ2) is 6.67. The number of rotatable bonds is 5. The quantitative estimate of drug-likeness (QED) is 0.705.